The summed E-state index contributed by atoms with van der Waals surface area (Å²) in [7, 11) is 0. The summed E-state index contributed by atoms with van der Waals surface area (Å²) in [4.78, 5) is 26.8. The Balaban J connectivity index is 1.96. The van der Waals surface area contributed by atoms with E-state index in [1.54, 1.807) is 15.8 Å². The van der Waals surface area contributed by atoms with Gasteiger partial charge in [0.2, 0.25) is 0 Å². The summed E-state index contributed by atoms with van der Waals surface area (Å²) >= 11 is 0. The van der Waals surface area contributed by atoms with Crippen molar-refractivity contribution in [2.75, 3.05) is 19.7 Å². The summed E-state index contributed by atoms with van der Waals surface area (Å²) in [6, 6.07) is 15.6. The topological polar surface area (TPSA) is 64.4 Å². The molecule has 0 aliphatic carbocycles. The highest BCUT2D eigenvalue weighted by Crippen LogP contribution is 2.28. The van der Waals surface area contributed by atoms with Crippen molar-refractivity contribution in [3.8, 4) is 16.9 Å². The number of carbonyl (C=O) groups is 2. The number of aryl methyl sites for hydroxylation is 2. The number of hydrogen-bond acceptors (Lipinski definition) is 4. The zero-order valence-corrected chi connectivity index (χ0v) is 17.9. The Morgan fingerprint density at radius 3 is 2.37 bits per heavy atom. The van der Waals surface area contributed by atoms with Gasteiger partial charge in [0.1, 0.15) is 11.3 Å². The number of carbonyl (C=O) groups excluding carboxylic acids is 2. The molecule has 0 aliphatic heterocycles. The van der Waals surface area contributed by atoms with Crippen molar-refractivity contribution < 1.29 is 14.3 Å². The lowest BCUT2D eigenvalue weighted by atomic mass is 10.0. The maximum absolute atomic E-state index is 12.9. The second-order valence-electron chi connectivity index (χ2n) is 7.13. The highest BCUT2D eigenvalue weighted by atomic mass is 16.5. The monoisotopic (exact) mass is 405 g/mol. The number of nitrogens with zero attached hydrogens (tertiary/aromatic N) is 3. The van der Waals surface area contributed by atoms with E-state index in [-0.39, 0.29) is 12.5 Å². The second-order valence-corrected chi connectivity index (χ2v) is 7.13. The molecule has 0 atom stereocenters. The van der Waals surface area contributed by atoms with Crippen molar-refractivity contribution in [1.82, 2.24) is 14.7 Å². The van der Waals surface area contributed by atoms with Crippen LogP contribution >= 0.6 is 0 Å². The van der Waals surface area contributed by atoms with Crippen molar-refractivity contribution in [3.63, 3.8) is 0 Å². The van der Waals surface area contributed by atoms with E-state index in [1.165, 1.54) is 0 Å². The Bertz CT molecular complexity index is 1040. The quantitative estimate of drug-likeness (QED) is 0.553. The summed E-state index contributed by atoms with van der Waals surface area (Å²) in [5, 5.41) is 4.68. The number of ether oxygens (including phenoxy) is 1. The van der Waals surface area contributed by atoms with Gasteiger partial charge < -0.3 is 9.64 Å². The molecule has 6 heteroatoms. The average molecular weight is 405 g/mol. The largest absolute Gasteiger partial charge is 0.452 e. The van der Waals surface area contributed by atoms with Gasteiger partial charge in [-0.15, -0.1) is 0 Å². The van der Waals surface area contributed by atoms with Gasteiger partial charge in [-0.05, 0) is 45.4 Å². The zero-order chi connectivity index (χ0) is 21.7. The van der Waals surface area contributed by atoms with Crippen molar-refractivity contribution in [1.29, 1.82) is 0 Å². The molecule has 0 spiro atoms. The van der Waals surface area contributed by atoms with Gasteiger partial charge in [0.25, 0.3) is 5.91 Å². The molecule has 0 N–H and O–H groups in total. The minimum atomic E-state index is -0.562. The van der Waals surface area contributed by atoms with Gasteiger partial charge >= 0.3 is 5.97 Å². The predicted octanol–water partition coefficient (Wildman–Crippen LogP) is 4.18. The minimum Gasteiger partial charge on any atom is -0.452 e. The first-order valence-corrected chi connectivity index (χ1v) is 10.1. The Kier molecular flexibility index (Phi) is 6.67. The molecule has 0 fully saturated rings. The third-order valence-corrected chi connectivity index (χ3v) is 5.03. The third kappa shape index (κ3) is 4.59. The number of benzene rings is 2. The van der Waals surface area contributed by atoms with Crippen LogP contribution in [0.25, 0.3) is 16.9 Å². The van der Waals surface area contributed by atoms with Crippen molar-refractivity contribution in [2.45, 2.75) is 27.7 Å². The molecule has 2 aromatic carbocycles. The summed E-state index contributed by atoms with van der Waals surface area (Å²) in [5.74, 6) is -0.774. The SMILES string of the molecule is CCN(CC)C(=O)COC(=O)c1cn(-c2ccccc2)nc1-c1ccc(C)cc1C. The van der Waals surface area contributed by atoms with Crippen LogP contribution < -0.4 is 0 Å². The highest BCUT2D eigenvalue weighted by molar-refractivity contribution is 5.97. The van der Waals surface area contributed by atoms with Crippen LogP contribution in [-0.2, 0) is 9.53 Å². The molecule has 0 saturated heterocycles. The molecule has 3 aromatic rings. The van der Waals surface area contributed by atoms with E-state index in [1.807, 2.05) is 70.2 Å². The second kappa shape index (κ2) is 9.39. The summed E-state index contributed by atoms with van der Waals surface area (Å²) < 4.78 is 7.03. The molecule has 1 amide bonds. The first-order valence-electron chi connectivity index (χ1n) is 10.1. The van der Waals surface area contributed by atoms with E-state index in [4.69, 9.17) is 4.74 Å². The smallest absolute Gasteiger partial charge is 0.342 e. The summed E-state index contributed by atoms with van der Waals surface area (Å²) in [6.45, 7) is 8.66. The zero-order valence-electron chi connectivity index (χ0n) is 17.9. The maximum Gasteiger partial charge on any atom is 0.342 e. The van der Waals surface area contributed by atoms with Crippen LogP contribution in [0.15, 0.2) is 54.7 Å². The molecule has 156 valence electrons. The van der Waals surface area contributed by atoms with E-state index < -0.39 is 5.97 Å². The van der Waals surface area contributed by atoms with Gasteiger partial charge in [0.05, 0.1) is 5.69 Å². The van der Waals surface area contributed by atoms with Crippen LogP contribution in [0.4, 0.5) is 0 Å². The molecule has 0 saturated carbocycles. The van der Waals surface area contributed by atoms with E-state index in [9.17, 15) is 9.59 Å². The van der Waals surface area contributed by atoms with E-state index in [2.05, 4.69) is 11.2 Å². The predicted molar refractivity (Wildman–Crippen MR) is 117 cm³/mol. The molecule has 0 radical (unpaired) electrons. The molecular formula is C24H27N3O3. The van der Waals surface area contributed by atoms with E-state index in [0.29, 0.717) is 24.3 Å². The molecule has 1 aromatic heterocycles. The van der Waals surface area contributed by atoms with E-state index >= 15 is 0 Å². The molecule has 1 heterocycles. The van der Waals surface area contributed by atoms with Crippen LogP contribution in [0, 0.1) is 13.8 Å². The fourth-order valence-electron chi connectivity index (χ4n) is 3.39. The van der Waals surface area contributed by atoms with Crippen LogP contribution in [0.3, 0.4) is 0 Å². The number of likely N-dealkylation sites (N-methyl/N-ethyl adjacent to an activating group) is 1. The first-order chi connectivity index (χ1) is 14.4. The summed E-state index contributed by atoms with van der Waals surface area (Å²) in [6.07, 6.45) is 1.66. The molecule has 3 rings (SSSR count). The van der Waals surface area contributed by atoms with Gasteiger partial charge in [-0.25, -0.2) is 9.48 Å². The Morgan fingerprint density at radius 1 is 1.03 bits per heavy atom. The molecule has 30 heavy (non-hydrogen) atoms. The molecular weight excluding hydrogens is 378 g/mol. The molecule has 0 aliphatic rings. The highest BCUT2D eigenvalue weighted by Gasteiger charge is 2.22. The van der Waals surface area contributed by atoms with Crippen LogP contribution in [0.1, 0.15) is 35.3 Å². The van der Waals surface area contributed by atoms with E-state index in [0.717, 1.165) is 22.4 Å². The minimum absolute atomic E-state index is 0.211. The fraction of sp³-hybridized carbons (Fsp3) is 0.292. The number of hydrogen-bond donors (Lipinski definition) is 0. The Morgan fingerprint density at radius 2 is 1.73 bits per heavy atom. The van der Waals surface area contributed by atoms with Gasteiger partial charge in [-0.2, -0.15) is 5.10 Å². The van der Waals surface area contributed by atoms with Crippen molar-refractivity contribution in [2.24, 2.45) is 0 Å². The molecule has 6 nitrogen and oxygen atoms in total. The van der Waals surface area contributed by atoms with Gasteiger partial charge in [-0.3, -0.25) is 4.79 Å². The van der Waals surface area contributed by atoms with Gasteiger partial charge in [0.15, 0.2) is 6.61 Å². The lowest BCUT2D eigenvalue weighted by Crippen LogP contribution is -2.34. The fourth-order valence-corrected chi connectivity index (χ4v) is 3.39. The first kappa shape index (κ1) is 21.3. The van der Waals surface area contributed by atoms with Gasteiger partial charge in [-0.1, -0.05) is 42.0 Å². The maximum atomic E-state index is 12.9. The Labute approximate surface area is 177 Å². The normalized spacial score (nSPS) is 10.7. The lowest BCUT2D eigenvalue weighted by molar-refractivity contribution is -0.134. The summed E-state index contributed by atoms with van der Waals surface area (Å²) in [5.41, 5.74) is 4.71. The average Bonchev–Trinajstić information content (AvgIpc) is 3.19. The number of para-hydroxylation sites is 1. The van der Waals surface area contributed by atoms with Crippen LogP contribution in [0.5, 0.6) is 0 Å². The number of esters is 1. The number of aromatic nitrogens is 2. The third-order valence-electron chi connectivity index (χ3n) is 5.03. The molecule has 0 unspecified atom stereocenters. The number of amides is 1. The van der Waals surface area contributed by atoms with Crippen molar-refractivity contribution in [3.05, 3.63) is 71.4 Å². The lowest BCUT2D eigenvalue weighted by Gasteiger charge is -2.18. The van der Waals surface area contributed by atoms with Crippen LogP contribution in [-0.4, -0.2) is 46.3 Å². The standard InChI is InChI=1S/C24H27N3O3/c1-5-26(6-2)22(28)16-30-24(29)21-15-27(19-10-8-7-9-11-19)25-23(21)20-13-12-17(3)14-18(20)4/h7-15H,5-6,16H2,1-4H3. The molecule has 0 bridgehead atoms. The Hall–Kier alpha value is -3.41. The van der Waals surface area contributed by atoms with Crippen LogP contribution in [0.2, 0.25) is 0 Å². The van der Waals surface area contributed by atoms with Gasteiger partial charge in [0, 0.05) is 24.8 Å². The van der Waals surface area contributed by atoms with Crippen molar-refractivity contribution >= 4 is 11.9 Å². The number of rotatable bonds is 7.